The number of halogens is 1. The molecule has 1 aliphatic heterocycles. The van der Waals surface area contributed by atoms with Gasteiger partial charge in [-0.05, 0) is 51.2 Å². The number of aliphatic hydroxyl groups is 1. The van der Waals surface area contributed by atoms with Gasteiger partial charge in [0.25, 0.3) is 0 Å². The Labute approximate surface area is 128 Å². The first-order valence-electron chi connectivity index (χ1n) is 6.46. The maximum absolute atomic E-state index is 10.8. The molecule has 0 bridgehead atoms. The normalized spacial score (nSPS) is 26.2. The second kappa shape index (κ2) is 5.66. The van der Waals surface area contributed by atoms with E-state index in [1.807, 2.05) is 30.0 Å². The van der Waals surface area contributed by atoms with Crippen LogP contribution in [0.5, 0.6) is 5.75 Å². The average Bonchev–Trinajstić information content (AvgIpc) is 2.26. The molecule has 1 atom stereocenters. The summed E-state index contributed by atoms with van der Waals surface area (Å²) in [5, 5.41) is 10.8. The van der Waals surface area contributed by atoms with Gasteiger partial charge in [-0.15, -0.1) is 0 Å². The smallest absolute Gasteiger partial charge is 0.133 e. The molecule has 1 heterocycles. The molecule has 0 aliphatic carbocycles. The minimum atomic E-state index is -0.597. The average molecular weight is 345 g/mol. The molecule has 1 unspecified atom stereocenters. The lowest BCUT2D eigenvalue weighted by atomic mass is 9.79. The van der Waals surface area contributed by atoms with E-state index < -0.39 is 5.60 Å². The van der Waals surface area contributed by atoms with E-state index in [1.54, 1.807) is 7.11 Å². The molecule has 2 rings (SSSR count). The highest BCUT2D eigenvalue weighted by molar-refractivity contribution is 9.10. The molecule has 0 aromatic heterocycles. The zero-order valence-electron chi connectivity index (χ0n) is 11.7. The predicted octanol–water partition coefficient (Wildman–Crippen LogP) is 3.89. The van der Waals surface area contributed by atoms with Crippen LogP contribution in [0, 0.1) is 5.41 Å². The highest BCUT2D eigenvalue weighted by atomic mass is 79.9. The lowest BCUT2D eigenvalue weighted by Gasteiger charge is -2.41. The van der Waals surface area contributed by atoms with E-state index in [1.165, 1.54) is 0 Å². The van der Waals surface area contributed by atoms with Crippen molar-refractivity contribution in [3.05, 3.63) is 28.2 Å². The summed E-state index contributed by atoms with van der Waals surface area (Å²) in [4.78, 5) is 0. The molecule has 1 saturated heterocycles. The quantitative estimate of drug-likeness (QED) is 0.901. The number of benzene rings is 1. The highest BCUT2D eigenvalue weighted by Gasteiger charge is 2.38. The van der Waals surface area contributed by atoms with Gasteiger partial charge in [0.2, 0.25) is 0 Å². The molecule has 1 N–H and O–H groups in total. The number of hydrogen-bond donors (Lipinski definition) is 1. The summed E-state index contributed by atoms with van der Waals surface area (Å²) < 4.78 is 6.18. The molecule has 4 heteroatoms. The van der Waals surface area contributed by atoms with E-state index in [2.05, 4.69) is 29.8 Å². The van der Waals surface area contributed by atoms with Gasteiger partial charge in [-0.3, -0.25) is 0 Å². The Bertz CT molecular complexity index is 461. The maximum Gasteiger partial charge on any atom is 0.133 e. The van der Waals surface area contributed by atoms with Gasteiger partial charge in [-0.1, -0.05) is 19.9 Å². The molecule has 106 valence electrons. The second-order valence-electron chi connectivity index (χ2n) is 6.20. The molecule has 1 aromatic rings. The first kappa shape index (κ1) is 15.2. The Kier molecular flexibility index (Phi) is 4.53. The fourth-order valence-electron chi connectivity index (χ4n) is 2.82. The van der Waals surface area contributed by atoms with Crippen molar-refractivity contribution in [1.82, 2.24) is 0 Å². The van der Waals surface area contributed by atoms with E-state index >= 15 is 0 Å². The molecule has 1 fully saturated rings. The Morgan fingerprint density at radius 1 is 1.37 bits per heavy atom. The van der Waals surface area contributed by atoms with Gasteiger partial charge in [0.15, 0.2) is 0 Å². The summed E-state index contributed by atoms with van der Waals surface area (Å²) in [7, 11) is 1.66. The van der Waals surface area contributed by atoms with Gasteiger partial charge in [0.05, 0.1) is 17.2 Å². The van der Waals surface area contributed by atoms with Crippen LogP contribution in [-0.4, -0.2) is 29.3 Å². The Morgan fingerprint density at radius 2 is 2.11 bits per heavy atom. The molecular formula is C15H21BrO2S. The lowest BCUT2D eigenvalue weighted by Crippen LogP contribution is -2.44. The molecule has 1 aliphatic rings. The van der Waals surface area contributed by atoms with Crippen LogP contribution >= 0.6 is 27.7 Å². The number of rotatable bonds is 3. The molecule has 0 spiro atoms. The van der Waals surface area contributed by atoms with E-state index in [4.69, 9.17) is 4.74 Å². The van der Waals surface area contributed by atoms with Crippen LogP contribution in [0.4, 0.5) is 0 Å². The van der Waals surface area contributed by atoms with Crippen LogP contribution in [0.1, 0.15) is 25.8 Å². The maximum atomic E-state index is 10.8. The summed E-state index contributed by atoms with van der Waals surface area (Å²) in [6.45, 7) is 4.46. The van der Waals surface area contributed by atoms with Crippen molar-refractivity contribution in [2.24, 2.45) is 5.41 Å². The lowest BCUT2D eigenvalue weighted by molar-refractivity contribution is 0.0200. The third-order valence-electron chi connectivity index (χ3n) is 3.42. The molecule has 2 nitrogen and oxygen atoms in total. The van der Waals surface area contributed by atoms with E-state index in [0.29, 0.717) is 6.42 Å². The summed E-state index contributed by atoms with van der Waals surface area (Å²) in [6.07, 6.45) is 1.56. The summed E-state index contributed by atoms with van der Waals surface area (Å²) in [6, 6.07) is 6.03. The van der Waals surface area contributed by atoms with Gasteiger partial charge in [0, 0.05) is 12.2 Å². The van der Waals surface area contributed by atoms with Crippen molar-refractivity contribution in [3.63, 3.8) is 0 Å². The van der Waals surface area contributed by atoms with E-state index in [9.17, 15) is 5.11 Å². The van der Waals surface area contributed by atoms with Crippen molar-refractivity contribution in [1.29, 1.82) is 0 Å². The van der Waals surface area contributed by atoms with Crippen molar-refractivity contribution in [2.75, 3.05) is 18.6 Å². The third kappa shape index (κ3) is 3.89. The van der Waals surface area contributed by atoms with Gasteiger partial charge >= 0.3 is 0 Å². The monoisotopic (exact) mass is 344 g/mol. The first-order valence-corrected chi connectivity index (χ1v) is 8.41. The molecule has 1 aromatic carbocycles. The standard InChI is InChI=1S/C15H21BrO2S/c1-14(2)8-15(17,10-19-9-14)7-11-4-5-13(18-3)12(16)6-11/h4-6,17H,7-10H2,1-3H3. The Hall–Kier alpha value is -0.190. The summed E-state index contributed by atoms with van der Waals surface area (Å²) >= 11 is 5.35. The largest absolute Gasteiger partial charge is 0.496 e. The highest BCUT2D eigenvalue weighted by Crippen LogP contribution is 2.41. The van der Waals surface area contributed by atoms with Gasteiger partial charge in [-0.25, -0.2) is 0 Å². The van der Waals surface area contributed by atoms with Crippen LogP contribution in [0.15, 0.2) is 22.7 Å². The van der Waals surface area contributed by atoms with Gasteiger partial charge in [-0.2, -0.15) is 11.8 Å². The Balaban J connectivity index is 2.14. The SMILES string of the molecule is COc1ccc(CC2(O)CSCC(C)(C)C2)cc1Br. The Morgan fingerprint density at radius 3 is 2.68 bits per heavy atom. The minimum Gasteiger partial charge on any atom is -0.496 e. The zero-order chi connectivity index (χ0) is 14.1. The minimum absolute atomic E-state index is 0.210. The molecule has 0 amide bonds. The predicted molar refractivity (Wildman–Crippen MR) is 85.1 cm³/mol. The van der Waals surface area contributed by atoms with Crippen molar-refractivity contribution >= 4 is 27.7 Å². The summed E-state index contributed by atoms with van der Waals surface area (Å²) in [5.74, 6) is 2.77. The second-order valence-corrected chi connectivity index (χ2v) is 8.04. The number of hydrogen-bond acceptors (Lipinski definition) is 3. The van der Waals surface area contributed by atoms with Crippen LogP contribution < -0.4 is 4.74 Å². The van der Waals surface area contributed by atoms with Crippen LogP contribution in [0.2, 0.25) is 0 Å². The molecule has 19 heavy (non-hydrogen) atoms. The topological polar surface area (TPSA) is 29.5 Å². The molecular weight excluding hydrogens is 324 g/mol. The molecule has 0 radical (unpaired) electrons. The fourth-order valence-corrected chi connectivity index (χ4v) is 4.75. The number of ether oxygens (including phenoxy) is 1. The third-order valence-corrected chi connectivity index (χ3v) is 5.77. The van der Waals surface area contributed by atoms with Crippen LogP contribution in [0.25, 0.3) is 0 Å². The van der Waals surface area contributed by atoms with Crippen molar-refractivity contribution in [3.8, 4) is 5.75 Å². The van der Waals surface area contributed by atoms with Gasteiger partial charge < -0.3 is 9.84 Å². The molecule has 0 saturated carbocycles. The van der Waals surface area contributed by atoms with Crippen LogP contribution in [0.3, 0.4) is 0 Å². The first-order chi connectivity index (χ1) is 8.84. The fraction of sp³-hybridized carbons (Fsp3) is 0.600. The number of methoxy groups -OCH3 is 1. The van der Waals surface area contributed by atoms with E-state index in [-0.39, 0.29) is 5.41 Å². The number of thioether (sulfide) groups is 1. The van der Waals surface area contributed by atoms with Crippen molar-refractivity contribution in [2.45, 2.75) is 32.3 Å². The van der Waals surface area contributed by atoms with Crippen molar-refractivity contribution < 1.29 is 9.84 Å². The summed E-state index contributed by atoms with van der Waals surface area (Å²) in [5.41, 5.74) is 0.760. The van der Waals surface area contributed by atoms with Gasteiger partial charge in [0.1, 0.15) is 5.75 Å². The zero-order valence-corrected chi connectivity index (χ0v) is 14.1. The van der Waals surface area contributed by atoms with E-state index in [0.717, 1.165) is 33.7 Å². The van der Waals surface area contributed by atoms with Crippen LogP contribution in [-0.2, 0) is 6.42 Å².